The van der Waals surface area contributed by atoms with Crippen molar-refractivity contribution in [1.82, 2.24) is 4.98 Å². The Hall–Kier alpha value is -1.07. The molecule has 88 valence electrons. The van der Waals surface area contributed by atoms with Gasteiger partial charge in [0.25, 0.3) is 0 Å². The normalized spacial score (nSPS) is 12.3. The molecule has 6 heteroatoms. The summed E-state index contributed by atoms with van der Waals surface area (Å²) in [5.74, 6) is 0. The monoisotopic (exact) mass is 250 g/mol. The standard InChI is InChI=1S/C10H10ClF3N2/c11-8-5-7(10(12,13)14)6-16-9(8)3-1-2-4-15/h1,3,5-6H,2,4,15H2. The summed E-state index contributed by atoms with van der Waals surface area (Å²) < 4.78 is 36.8. The number of alkyl halides is 3. The molecule has 2 N–H and O–H groups in total. The highest BCUT2D eigenvalue weighted by Crippen LogP contribution is 2.31. The molecule has 0 unspecified atom stereocenters. The molecule has 0 spiro atoms. The number of hydrogen-bond acceptors (Lipinski definition) is 2. The van der Waals surface area contributed by atoms with Crippen LogP contribution in [0.25, 0.3) is 6.08 Å². The van der Waals surface area contributed by atoms with Crippen molar-refractivity contribution in [3.8, 4) is 0 Å². The second-order valence-electron chi connectivity index (χ2n) is 3.07. The molecule has 1 aromatic rings. The van der Waals surface area contributed by atoms with Crippen LogP contribution in [0.4, 0.5) is 13.2 Å². The fourth-order valence-electron chi connectivity index (χ4n) is 1.02. The van der Waals surface area contributed by atoms with Gasteiger partial charge in [-0.05, 0) is 25.1 Å². The summed E-state index contributed by atoms with van der Waals surface area (Å²) >= 11 is 5.67. The summed E-state index contributed by atoms with van der Waals surface area (Å²) in [6.45, 7) is 0.467. The minimum Gasteiger partial charge on any atom is -0.330 e. The number of nitrogens with two attached hydrogens (primary N) is 1. The Morgan fingerprint density at radius 2 is 2.12 bits per heavy atom. The third-order valence-electron chi connectivity index (χ3n) is 1.81. The highest BCUT2D eigenvalue weighted by molar-refractivity contribution is 6.31. The molecule has 1 heterocycles. The van der Waals surface area contributed by atoms with Gasteiger partial charge in [-0.25, -0.2) is 0 Å². The lowest BCUT2D eigenvalue weighted by molar-refractivity contribution is -0.137. The van der Waals surface area contributed by atoms with E-state index in [1.165, 1.54) is 0 Å². The SMILES string of the molecule is NCCC=Cc1ncc(C(F)(F)F)cc1Cl. The molecule has 0 saturated carbocycles. The fraction of sp³-hybridized carbons (Fsp3) is 0.300. The van der Waals surface area contributed by atoms with Crippen molar-refractivity contribution in [2.75, 3.05) is 6.54 Å². The zero-order valence-corrected chi connectivity index (χ0v) is 9.02. The van der Waals surface area contributed by atoms with Gasteiger partial charge in [0.1, 0.15) is 0 Å². The Morgan fingerprint density at radius 1 is 1.44 bits per heavy atom. The first kappa shape index (κ1) is 13.0. The van der Waals surface area contributed by atoms with Crippen LogP contribution in [0, 0.1) is 0 Å². The molecule has 0 fully saturated rings. The van der Waals surface area contributed by atoms with Crippen LogP contribution in [0.5, 0.6) is 0 Å². The largest absolute Gasteiger partial charge is 0.417 e. The van der Waals surface area contributed by atoms with Crippen LogP contribution in [0.1, 0.15) is 17.7 Å². The smallest absolute Gasteiger partial charge is 0.330 e. The minimum absolute atomic E-state index is 0.0249. The number of aromatic nitrogens is 1. The van der Waals surface area contributed by atoms with Gasteiger partial charge in [-0.1, -0.05) is 17.7 Å². The predicted molar refractivity (Wildman–Crippen MR) is 57.0 cm³/mol. The van der Waals surface area contributed by atoms with Crippen molar-refractivity contribution in [2.45, 2.75) is 12.6 Å². The molecule has 0 saturated heterocycles. The minimum atomic E-state index is -4.42. The molecule has 1 aromatic heterocycles. The van der Waals surface area contributed by atoms with E-state index >= 15 is 0 Å². The second kappa shape index (κ2) is 5.32. The average molecular weight is 251 g/mol. The quantitative estimate of drug-likeness (QED) is 0.895. The zero-order valence-electron chi connectivity index (χ0n) is 8.26. The van der Waals surface area contributed by atoms with Crippen LogP contribution >= 0.6 is 11.6 Å². The van der Waals surface area contributed by atoms with E-state index < -0.39 is 11.7 Å². The molecular weight excluding hydrogens is 241 g/mol. The third kappa shape index (κ3) is 3.50. The maximum absolute atomic E-state index is 12.3. The van der Waals surface area contributed by atoms with E-state index in [9.17, 15) is 13.2 Å². The Bertz CT molecular complexity index is 388. The lowest BCUT2D eigenvalue weighted by Gasteiger charge is -2.07. The Kier molecular flexibility index (Phi) is 4.32. The van der Waals surface area contributed by atoms with Gasteiger partial charge in [-0.3, -0.25) is 4.98 Å². The molecule has 0 aliphatic carbocycles. The topological polar surface area (TPSA) is 38.9 Å². The van der Waals surface area contributed by atoms with Gasteiger partial charge in [0.15, 0.2) is 0 Å². The van der Waals surface area contributed by atoms with Crippen LogP contribution in [-0.4, -0.2) is 11.5 Å². The summed E-state index contributed by atoms with van der Waals surface area (Å²) in [6, 6.07) is 0.858. The van der Waals surface area contributed by atoms with E-state index in [1.807, 2.05) is 0 Å². The van der Waals surface area contributed by atoms with Gasteiger partial charge in [-0.15, -0.1) is 0 Å². The summed E-state index contributed by atoms with van der Waals surface area (Å²) in [4.78, 5) is 3.64. The Balaban J connectivity index is 2.92. The van der Waals surface area contributed by atoms with Gasteiger partial charge in [0, 0.05) is 6.20 Å². The van der Waals surface area contributed by atoms with E-state index in [0.717, 1.165) is 12.3 Å². The first-order valence-corrected chi connectivity index (χ1v) is 4.92. The number of nitrogens with zero attached hydrogens (tertiary/aromatic N) is 1. The van der Waals surface area contributed by atoms with E-state index in [0.29, 0.717) is 18.7 Å². The van der Waals surface area contributed by atoms with Crippen molar-refractivity contribution in [1.29, 1.82) is 0 Å². The lowest BCUT2D eigenvalue weighted by atomic mass is 10.2. The third-order valence-corrected chi connectivity index (χ3v) is 2.11. The number of rotatable bonds is 3. The van der Waals surface area contributed by atoms with Crippen LogP contribution < -0.4 is 5.73 Å². The van der Waals surface area contributed by atoms with Crippen molar-refractivity contribution >= 4 is 17.7 Å². The maximum atomic E-state index is 12.3. The molecule has 0 atom stereocenters. The lowest BCUT2D eigenvalue weighted by Crippen LogP contribution is -2.05. The summed E-state index contributed by atoms with van der Waals surface area (Å²) in [7, 11) is 0. The first-order valence-electron chi connectivity index (χ1n) is 4.54. The predicted octanol–water partition coefficient (Wildman–Crippen LogP) is 3.12. The maximum Gasteiger partial charge on any atom is 0.417 e. The first-order chi connectivity index (χ1) is 7.45. The molecule has 2 nitrogen and oxygen atoms in total. The van der Waals surface area contributed by atoms with E-state index in [1.54, 1.807) is 12.2 Å². The molecule has 0 aliphatic heterocycles. The Morgan fingerprint density at radius 3 is 2.62 bits per heavy atom. The molecule has 0 aliphatic rings. The number of pyridine rings is 1. The molecule has 0 radical (unpaired) electrons. The van der Waals surface area contributed by atoms with E-state index in [2.05, 4.69) is 4.98 Å². The highest BCUT2D eigenvalue weighted by Gasteiger charge is 2.31. The van der Waals surface area contributed by atoms with Crippen molar-refractivity contribution in [2.24, 2.45) is 5.73 Å². The number of hydrogen-bond donors (Lipinski definition) is 1. The van der Waals surface area contributed by atoms with Gasteiger partial charge in [0.05, 0.1) is 16.3 Å². The molecule has 0 bridgehead atoms. The molecule has 16 heavy (non-hydrogen) atoms. The summed E-state index contributed by atoms with van der Waals surface area (Å²) in [5, 5.41) is -0.0249. The van der Waals surface area contributed by atoms with Gasteiger partial charge in [-0.2, -0.15) is 13.2 Å². The van der Waals surface area contributed by atoms with Crippen molar-refractivity contribution in [3.05, 3.63) is 34.6 Å². The van der Waals surface area contributed by atoms with Crippen molar-refractivity contribution in [3.63, 3.8) is 0 Å². The van der Waals surface area contributed by atoms with Crippen LogP contribution in [0.2, 0.25) is 5.02 Å². The van der Waals surface area contributed by atoms with Gasteiger partial charge >= 0.3 is 6.18 Å². The summed E-state index contributed by atoms with van der Waals surface area (Å²) in [5.41, 5.74) is 4.71. The molecule has 1 rings (SSSR count). The van der Waals surface area contributed by atoms with Gasteiger partial charge < -0.3 is 5.73 Å². The van der Waals surface area contributed by atoms with E-state index in [-0.39, 0.29) is 5.02 Å². The zero-order chi connectivity index (χ0) is 12.2. The average Bonchev–Trinajstić information content (AvgIpc) is 2.19. The molecule has 0 amide bonds. The van der Waals surface area contributed by atoms with Gasteiger partial charge in [0.2, 0.25) is 0 Å². The second-order valence-corrected chi connectivity index (χ2v) is 3.48. The highest BCUT2D eigenvalue weighted by atomic mass is 35.5. The summed E-state index contributed by atoms with van der Waals surface area (Å²) in [6.07, 6.45) is 0.222. The van der Waals surface area contributed by atoms with Crippen molar-refractivity contribution < 1.29 is 13.2 Å². The molecule has 0 aromatic carbocycles. The van der Waals surface area contributed by atoms with Crippen LogP contribution in [0.15, 0.2) is 18.3 Å². The number of halogens is 4. The Labute approximate surface area is 95.9 Å². The fourth-order valence-corrected chi connectivity index (χ4v) is 1.25. The van der Waals surface area contributed by atoms with Crippen LogP contribution in [0.3, 0.4) is 0 Å². The molecular formula is C10H10ClF3N2. The van der Waals surface area contributed by atoms with Crippen LogP contribution in [-0.2, 0) is 6.18 Å². The van der Waals surface area contributed by atoms with E-state index in [4.69, 9.17) is 17.3 Å².